The van der Waals surface area contributed by atoms with Crippen LogP contribution in [-0.4, -0.2) is 11.7 Å². The van der Waals surface area contributed by atoms with Gasteiger partial charge in [-0.3, -0.25) is 9.36 Å². The number of nitrogens with zero attached hydrogens (tertiary/aromatic N) is 2. The van der Waals surface area contributed by atoms with E-state index in [2.05, 4.69) is 46.3 Å². The second-order valence-corrected chi connectivity index (χ2v) is 12.3. The zero-order valence-corrected chi connectivity index (χ0v) is 25.3. The van der Waals surface area contributed by atoms with Crippen LogP contribution in [0.5, 0.6) is 11.5 Å². The molecule has 42 heavy (non-hydrogen) atoms. The fourth-order valence-electron chi connectivity index (χ4n) is 5.73. The van der Waals surface area contributed by atoms with Crippen molar-refractivity contribution in [3.8, 4) is 11.5 Å². The molecule has 0 bridgehead atoms. The van der Waals surface area contributed by atoms with E-state index in [0.29, 0.717) is 15.9 Å². The summed E-state index contributed by atoms with van der Waals surface area (Å²) < 4.78 is 15.2. The van der Waals surface area contributed by atoms with Gasteiger partial charge in [-0.25, -0.2) is 4.99 Å². The maximum atomic E-state index is 14.1. The molecule has 4 aromatic carbocycles. The Hall–Kier alpha value is -4.20. The van der Waals surface area contributed by atoms with Crippen molar-refractivity contribution in [2.75, 3.05) is 7.11 Å². The summed E-state index contributed by atoms with van der Waals surface area (Å²) in [5.74, 6) is 1.52. The highest BCUT2D eigenvalue weighted by molar-refractivity contribution is 9.10. The number of aromatic nitrogens is 1. The summed E-state index contributed by atoms with van der Waals surface area (Å²) in [6, 6.07) is 32.2. The molecule has 1 aliphatic heterocycles. The lowest BCUT2D eigenvalue weighted by Crippen LogP contribution is -2.38. The average Bonchev–Trinajstić information content (AvgIpc) is 3.33. The summed E-state index contributed by atoms with van der Waals surface area (Å²) in [6.45, 7) is 0.465. The van der Waals surface area contributed by atoms with Crippen LogP contribution in [-0.2, 0) is 13.0 Å². The van der Waals surface area contributed by atoms with Gasteiger partial charge in [-0.05, 0) is 83.1 Å². The van der Waals surface area contributed by atoms with Crippen molar-refractivity contribution in [1.82, 2.24) is 4.57 Å². The minimum atomic E-state index is -0.248. The molecule has 5 nitrogen and oxygen atoms in total. The Morgan fingerprint density at radius 2 is 1.76 bits per heavy atom. The van der Waals surface area contributed by atoms with Gasteiger partial charge in [0.15, 0.2) is 4.80 Å². The van der Waals surface area contributed by atoms with Crippen molar-refractivity contribution in [3.05, 3.63) is 155 Å². The van der Waals surface area contributed by atoms with Crippen molar-refractivity contribution in [2.24, 2.45) is 4.99 Å². The summed E-state index contributed by atoms with van der Waals surface area (Å²) >= 11 is 4.90. The van der Waals surface area contributed by atoms with Crippen molar-refractivity contribution < 1.29 is 9.47 Å². The second kappa shape index (κ2) is 11.2. The number of hydrogen-bond acceptors (Lipinski definition) is 5. The van der Waals surface area contributed by atoms with E-state index in [0.717, 1.165) is 56.8 Å². The third-order valence-electron chi connectivity index (χ3n) is 7.76. The molecule has 2 aliphatic rings. The number of allylic oxidation sites excluding steroid dienone is 1. The summed E-state index contributed by atoms with van der Waals surface area (Å²) in [5.41, 5.74) is 7.57. The molecule has 0 amide bonds. The van der Waals surface area contributed by atoms with E-state index in [4.69, 9.17) is 14.5 Å². The Morgan fingerprint density at radius 3 is 2.62 bits per heavy atom. The summed E-state index contributed by atoms with van der Waals surface area (Å²) in [5, 5.41) is 0. The van der Waals surface area contributed by atoms with Crippen molar-refractivity contribution in [2.45, 2.75) is 25.5 Å². The highest BCUT2D eigenvalue weighted by Crippen LogP contribution is 2.41. The predicted octanol–water partition coefficient (Wildman–Crippen LogP) is 6.67. The lowest BCUT2D eigenvalue weighted by Gasteiger charge is -2.31. The molecule has 7 heteroatoms. The number of benzene rings is 4. The average molecular weight is 636 g/mol. The molecule has 0 saturated heterocycles. The van der Waals surface area contributed by atoms with Crippen LogP contribution in [0.25, 0.3) is 11.8 Å². The van der Waals surface area contributed by atoms with Crippen LogP contribution < -0.4 is 24.4 Å². The first-order chi connectivity index (χ1) is 20.6. The van der Waals surface area contributed by atoms with E-state index < -0.39 is 0 Å². The minimum absolute atomic E-state index is 0.0434. The van der Waals surface area contributed by atoms with E-state index in [1.54, 1.807) is 7.11 Å². The Bertz CT molecular complexity index is 2020. The van der Waals surface area contributed by atoms with Crippen molar-refractivity contribution >= 4 is 39.0 Å². The van der Waals surface area contributed by atoms with Crippen LogP contribution in [0.2, 0.25) is 0 Å². The molecule has 0 unspecified atom stereocenters. The van der Waals surface area contributed by atoms with E-state index in [-0.39, 0.29) is 11.6 Å². The molecule has 0 N–H and O–H groups in total. The van der Waals surface area contributed by atoms with E-state index in [9.17, 15) is 4.79 Å². The molecule has 5 aromatic rings. The Kier molecular flexibility index (Phi) is 7.14. The largest absolute Gasteiger partial charge is 0.497 e. The molecule has 0 spiro atoms. The number of fused-ring (bicyclic) bond motifs is 3. The summed E-state index contributed by atoms with van der Waals surface area (Å²) in [7, 11) is 1.67. The molecule has 2 heterocycles. The van der Waals surface area contributed by atoms with E-state index >= 15 is 0 Å². The number of aryl methyl sites for hydroxylation is 1. The third-order valence-corrected chi connectivity index (χ3v) is 9.27. The van der Waals surface area contributed by atoms with Gasteiger partial charge in [0.2, 0.25) is 0 Å². The maximum Gasteiger partial charge on any atom is 0.271 e. The number of hydrogen-bond donors (Lipinski definition) is 0. The standard InChI is InChI=1S/C35H27BrN2O3S/c1-40-27-9-5-8-25(20-27)33-30-17-14-24-7-2-3-11-29(24)32(30)37-35-38(33)34(39)31(42-35)19-23-6-4-10-28(18-23)41-21-22-12-15-26(36)16-13-22/h2-13,15-16,18-20,33H,14,17,21H2,1H3/b31-19-/t33-/m1/s1. The van der Waals surface area contributed by atoms with Gasteiger partial charge in [0, 0.05) is 10.0 Å². The van der Waals surface area contributed by atoms with Crippen LogP contribution in [0.3, 0.4) is 0 Å². The number of thiazole rings is 1. The second-order valence-electron chi connectivity index (χ2n) is 10.4. The maximum absolute atomic E-state index is 14.1. The monoisotopic (exact) mass is 634 g/mol. The molecule has 0 saturated carbocycles. The number of rotatable bonds is 6. The molecule has 0 radical (unpaired) electrons. The molecule has 1 atom stereocenters. The van der Waals surface area contributed by atoms with Crippen LogP contribution in [0, 0.1) is 0 Å². The Morgan fingerprint density at radius 1 is 0.952 bits per heavy atom. The first kappa shape index (κ1) is 26.7. The van der Waals surface area contributed by atoms with Gasteiger partial charge < -0.3 is 9.47 Å². The fourth-order valence-corrected chi connectivity index (χ4v) is 6.99. The molecule has 7 rings (SSSR count). The van der Waals surface area contributed by atoms with Crippen LogP contribution in [0.4, 0.5) is 0 Å². The van der Waals surface area contributed by atoms with Crippen molar-refractivity contribution in [1.29, 1.82) is 0 Å². The smallest absolute Gasteiger partial charge is 0.271 e. The van der Waals surface area contributed by atoms with Gasteiger partial charge in [0.05, 0.1) is 23.4 Å². The minimum Gasteiger partial charge on any atom is -0.497 e. The lowest BCUT2D eigenvalue weighted by atomic mass is 9.83. The van der Waals surface area contributed by atoms with Gasteiger partial charge in [0.25, 0.3) is 5.56 Å². The Balaban J connectivity index is 1.31. The number of ether oxygens (including phenoxy) is 2. The van der Waals surface area contributed by atoms with Gasteiger partial charge in [-0.1, -0.05) is 87.9 Å². The first-order valence-corrected chi connectivity index (χ1v) is 15.4. The van der Waals surface area contributed by atoms with Gasteiger partial charge in [-0.15, -0.1) is 0 Å². The lowest BCUT2D eigenvalue weighted by molar-refractivity contribution is 0.306. The SMILES string of the molecule is COc1cccc([C@@H]2C3=C(N=c4s/c(=C\c5cccc(OCc6ccc(Br)cc6)c5)c(=O)n42)c2ccccc2CC3)c1. The molecule has 1 aromatic heterocycles. The highest BCUT2D eigenvalue weighted by atomic mass is 79.9. The predicted molar refractivity (Wildman–Crippen MR) is 171 cm³/mol. The quantitative estimate of drug-likeness (QED) is 0.210. The fraction of sp³-hybridized carbons (Fsp3) is 0.143. The molecule has 208 valence electrons. The summed E-state index contributed by atoms with van der Waals surface area (Å²) in [6.07, 6.45) is 3.71. The topological polar surface area (TPSA) is 52.8 Å². The van der Waals surface area contributed by atoms with E-state index in [1.807, 2.05) is 77.4 Å². The van der Waals surface area contributed by atoms with Crippen LogP contribution in [0.15, 0.2) is 117 Å². The zero-order valence-electron chi connectivity index (χ0n) is 22.9. The Labute approximate surface area is 255 Å². The third kappa shape index (κ3) is 5.03. The van der Waals surface area contributed by atoms with Crippen LogP contribution >= 0.6 is 27.3 Å². The molecule has 1 aliphatic carbocycles. The number of halogens is 1. The molecular formula is C35H27BrN2O3S. The van der Waals surface area contributed by atoms with Gasteiger partial charge in [0.1, 0.15) is 18.1 Å². The first-order valence-electron chi connectivity index (χ1n) is 13.8. The van der Waals surface area contributed by atoms with Crippen molar-refractivity contribution in [3.63, 3.8) is 0 Å². The summed E-state index contributed by atoms with van der Waals surface area (Å²) in [4.78, 5) is 19.9. The van der Waals surface area contributed by atoms with Gasteiger partial charge in [-0.2, -0.15) is 0 Å². The highest BCUT2D eigenvalue weighted by Gasteiger charge is 2.32. The molecular weight excluding hydrogens is 608 g/mol. The normalized spacial score (nSPS) is 15.9. The van der Waals surface area contributed by atoms with E-state index in [1.165, 1.54) is 22.5 Å². The van der Waals surface area contributed by atoms with Gasteiger partial charge >= 0.3 is 0 Å². The number of methoxy groups -OCH3 is 1. The molecule has 0 fully saturated rings. The zero-order chi connectivity index (χ0) is 28.6. The van der Waals surface area contributed by atoms with Crippen LogP contribution in [0.1, 0.15) is 40.3 Å².